The Bertz CT molecular complexity index is 1190. The van der Waals surface area contributed by atoms with Gasteiger partial charge in [0.1, 0.15) is 23.9 Å². The number of aromatic nitrogens is 1. The van der Waals surface area contributed by atoms with Gasteiger partial charge in [-0.05, 0) is 36.6 Å². The first-order valence-corrected chi connectivity index (χ1v) is 10.9. The van der Waals surface area contributed by atoms with E-state index in [2.05, 4.69) is 15.8 Å². The summed E-state index contributed by atoms with van der Waals surface area (Å²) in [5.41, 5.74) is 1.32. The van der Waals surface area contributed by atoms with Gasteiger partial charge in [-0.3, -0.25) is 5.32 Å². The third kappa shape index (κ3) is 5.63. The molecule has 1 fully saturated rings. The highest BCUT2D eigenvalue weighted by molar-refractivity contribution is 6.31. The molecule has 1 aliphatic heterocycles. The van der Waals surface area contributed by atoms with E-state index < -0.39 is 17.7 Å². The van der Waals surface area contributed by atoms with Crippen LogP contribution in [0, 0.1) is 11.6 Å². The van der Waals surface area contributed by atoms with Gasteiger partial charge >= 0.3 is 12.1 Å². The van der Waals surface area contributed by atoms with Crippen molar-refractivity contribution in [3.8, 4) is 11.3 Å². The van der Waals surface area contributed by atoms with Gasteiger partial charge in [0.05, 0.1) is 11.1 Å². The van der Waals surface area contributed by atoms with Gasteiger partial charge in [0.2, 0.25) is 5.88 Å². The number of likely N-dealkylation sites (tertiary alicyclic amines) is 1. The minimum Gasteiger partial charge on any atom is -0.447 e. The SMILES string of the molecule is O=C(Nc1cc(-c2cccc(F)c2)no1)OC[C@@H]1CCCN1C(=O)NCc1cccc(F)c1Cl. The third-order valence-electron chi connectivity index (χ3n) is 5.36. The van der Waals surface area contributed by atoms with Crippen LogP contribution < -0.4 is 10.6 Å². The Morgan fingerprint density at radius 2 is 2.03 bits per heavy atom. The second-order valence-corrected chi connectivity index (χ2v) is 8.05. The number of carbonyl (C=O) groups is 2. The molecule has 2 aromatic carbocycles. The van der Waals surface area contributed by atoms with Gasteiger partial charge < -0.3 is 19.5 Å². The highest BCUT2D eigenvalue weighted by Crippen LogP contribution is 2.23. The van der Waals surface area contributed by atoms with Crippen molar-refractivity contribution in [2.24, 2.45) is 0 Å². The van der Waals surface area contributed by atoms with Crippen molar-refractivity contribution in [1.82, 2.24) is 15.4 Å². The highest BCUT2D eigenvalue weighted by Gasteiger charge is 2.30. The van der Waals surface area contributed by atoms with Crippen molar-refractivity contribution >= 4 is 29.6 Å². The molecular formula is C23H21ClF2N4O4. The van der Waals surface area contributed by atoms with E-state index in [9.17, 15) is 18.4 Å². The second-order valence-electron chi connectivity index (χ2n) is 7.67. The fraction of sp³-hybridized carbons (Fsp3) is 0.261. The van der Waals surface area contributed by atoms with Crippen LogP contribution in [0.4, 0.5) is 24.3 Å². The number of hydrogen-bond donors (Lipinski definition) is 2. The maximum Gasteiger partial charge on any atom is 0.414 e. The standard InChI is InChI=1S/C23H21ClF2N4O4/c24-21-15(5-2-8-18(21)26)12-27-22(31)30-9-3-7-17(30)13-33-23(32)28-20-11-19(29-34-20)14-4-1-6-16(25)10-14/h1-2,4-6,8,10-11,17H,3,7,9,12-13H2,(H,27,31)(H,28,32)/t17-/m0/s1. The summed E-state index contributed by atoms with van der Waals surface area (Å²) in [7, 11) is 0. The van der Waals surface area contributed by atoms with E-state index in [1.54, 1.807) is 17.0 Å². The average molecular weight is 491 g/mol. The molecule has 3 aromatic rings. The molecule has 1 saturated heterocycles. The van der Waals surface area contributed by atoms with Crippen LogP contribution >= 0.6 is 11.6 Å². The summed E-state index contributed by atoms with van der Waals surface area (Å²) < 4.78 is 37.2. The van der Waals surface area contributed by atoms with E-state index in [0.29, 0.717) is 29.8 Å². The van der Waals surface area contributed by atoms with Crippen LogP contribution in [-0.4, -0.2) is 41.4 Å². The molecule has 2 N–H and O–H groups in total. The molecule has 34 heavy (non-hydrogen) atoms. The predicted molar refractivity (Wildman–Crippen MR) is 120 cm³/mol. The topological polar surface area (TPSA) is 96.7 Å². The highest BCUT2D eigenvalue weighted by atomic mass is 35.5. The van der Waals surface area contributed by atoms with E-state index in [1.165, 1.54) is 36.4 Å². The van der Waals surface area contributed by atoms with Crippen LogP contribution in [0.5, 0.6) is 0 Å². The number of nitrogens with zero attached hydrogens (tertiary/aromatic N) is 2. The van der Waals surface area contributed by atoms with Crippen LogP contribution in [0.1, 0.15) is 18.4 Å². The molecule has 1 aromatic heterocycles. The zero-order valence-corrected chi connectivity index (χ0v) is 18.6. The summed E-state index contributed by atoms with van der Waals surface area (Å²) in [6.45, 7) is 0.543. The molecule has 11 heteroatoms. The van der Waals surface area contributed by atoms with Gasteiger partial charge in [0.25, 0.3) is 0 Å². The molecule has 0 spiro atoms. The molecule has 0 radical (unpaired) electrons. The zero-order chi connectivity index (χ0) is 24.1. The van der Waals surface area contributed by atoms with E-state index in [0.717, 1.165) is 6.42 Å². The van der Waals surface area contributed by atoms with Gasteiger partial charge in [-0.25, -0.2) is 18.4 Å². The number of rotatable bonds is 6. The Balaban J connectivity index is 1.27. The first-order valence-electron chi connectivity index (χ1n) is 10.5. The lowest BCUT2D eigenvalue weighted by Gasteiger charge is -2.24. The Labute approximate surface area is 198 Å². The first kappa shape index (κ1) is 23.5. The van der Waals surface area contributed by atoms with Crippen molar-refractivity contribution in [3.05, 3.63) is 70.8 Å². The van der Waals surface area contributed by atoms with Gasteiger partial charge in [-0.2, -0.15) is 0 Å². The van der Waals surface area contributed by atoms with Gasteiger partial charge in [0.15, 0.2) is 0 Å². The molecule has 0 unspecified atom stereocenters. The third-order valence-corrected chi connectivity index (χ3v) is 5.79. The smallest absolute Gasteiger partial charge is 0.414 e. The van der Waals surface area contributed by atoms with Crippen molar-refractivity contribution in [2.75, 3.05) is 18.5 Å². The summed E-state index contributed by atoms with van der Waals surface area (Å²) in [6.07, 6.45) is 0.636. The largest absolute Gasteiger partial charge is 0.447 e. The maximum atomic E-state index is 13.6. The molecule has 2 heterocycles. The Hall–Kier alpha value is -3.66. The minimum atomic E-state index is -0.777. The maximum absolute atomic E-state index is 13.6. The number of halogens is 3. The lowest BCUT2D eigenvalue weighted by Crippen LogP contribution is -2.44. The van der Waals surface area contributed by atoms with Crippen molar-refractivity contribution in [3.63, 3.8) is 0 Å². The van der Waals surface area contributed by atoms with Crippen LogP contribution in [0.2, 0.25) is 5.02 Å². The predicted octanol–water partition coefficient (Wildman–Crippen LogP) is 5.20. The number of hydrogen-bond acceptors (Lipinski definition) is 5. The van der Waals surface area contributed by atoms with Gasteiger partial charge in [-0.1, -0.05) is 41.0 Å². The molecule has 3 amide bonds. The monoisotopic (exact) mass is 490 g/mol. The fourth-order valence-corrected chi connectivity index (χ4v) is 3.85. The van der Waals surface area contributed by atoms with E-state index in [1.807, 2.05) is 0 Å². The second kappa shape index (κ2) is 10.5. The fourth-order valence-electron chi connectivity index (χ4n) is 3.66. The Morgan fingerprint density at radius 1 is 1.21 bits per heavy atom. The van der Waals surface area contributed by atoms with Crippen LogP contribution in [0.3, 0.4) is 0 Å². The number of anilines is 1. The van der Waals surface area contributed by atoms with Crippen molar-refractivity contribution in [1.29, 1.82) is 0 Å². The molecule has 1 aliphatic rings. The molecule has 0 saturated carbocycles. The summed E-state index contributed by atoms with van der Waals surface area (Å²) in [5.74, 6) is -0.933. The number of nitrogens with one attached hydrogen (secondary N) is 2. The number of benzene rings is 2. The van der Waals surface area contributed by atoms with Crippen molar-refractivity contribution in [2.45, 2.75) is 25.4 Å². The molecule has 4 rings (SSSR count). The lowest BCUT2D eigenvalue weighted by atomic mass is 10.1. The number of carbonyl (C=O) groups excluding carboxylic acids is 2. The quantitative estimate of drug-likeness (QED) is 0.495. The summed E-state index contributed by atoms with van der Waals surface area (Å²) >= 11 is 5.93. The van der Waals surface area contributed by atoms with E-state index in [-0.39, 0.29) is 36.1 Å². The summed E-state index contributed by atoms with van der Waals surface area (Å²) in [6, 6.07) is 11.0. The van der Waals surface area contributed by atoms with Crippen LogP contribution in [0.25, 0.3) is 11.3 Å². The van der Waals surface area contributed by atoms with E-state index >= 15 is 0 Å². The molecule has 0 bridgehead atoms. The minimum absolute atomic E-state index is 0.0230. The van der Waals surface area contributed by atoms with Crippen LogP contribution in [-0.2, 0) is 11.3 Å². The molecule has 8 nitrogen and oxygen atoms in total. The molecule has 0 aliphatic carbocycles. The Morgan fingerprint density at radius 3 is 2.85 bits per heavy atom. The number of ether oxygens (including phenoxy) is 1. The number of urea groups is 1. The molecule has 1 atom stereocenters. The lowest BCUT2D eigenvalue weighted by molar-refractivity contribution is 0.122. The van der Waals surface area contributed by atoms with Gasteiger partial charge in [-0.15, -0.1) is 0 Å². The van der Waals surface area contributed by atoms with Gasteiger partial charge in [0, 0.05) is 24.7 Å². The van der Waals surface area contributed by atoms with Crippen molar-refractivity contribution < 1.29 is 27.6 Å². The van der Waals surface area contributed by atoms with Crippen LogP contribution in [0.15, 0.2) is 53.1 Å². The Kier molecular flexibility index (Phi) is 7.27. The van der Waals surface area contributed by atoms with E-state index in [4.69, 9.17) is 20.9 Å². The zero-order valence-electron chi connectivity index (χ0n) is 17.9. The first-order chi connectivity index (χ1) is 16.4. The molecular weight excluding hydrogens is 470 g/mol. The molecule has 178 valence electrons. The number of amides is 3. The summed E-state index contributed by atoms with van der Waals surface area (Å²) in [5, 5.41) is 8.91. The normalized spacial score (nSPS) is 15.3. The summed E-state index contributed by atoms with van der Waals surface area (Å²) in [4.78, 5) is 26.3. The average Bonchev–Trinajstić information content (AvgIpc) is 3.48.